The second-order valence-electron chi connectivity index (χ2n) is 8.99. The predicted molar refractivity (Wildman–Crippen MR) is 122 cm³/mol. The fourth-order valence-corrected chi connectivity index (χ4v) is 4.83. The molecule has 0 spiro atoms. The number of halogens is 1. The van der Waals surface area contributed by atoms with E-state index in [0.29, 0.717) is 18.0 Å². The van der Waals surface area contributed by atoms with Crippen molar-refractivity contribution in [3.63, 3.8) is 0 Å². The predicted octanol–water partition coefficient (Wildman–Crippen LogP) is 3.84. The molecular formula is C24H36ClN3O2. The topological polar surface area (TPSA) is 43.9 Å². The number of piperidine rings is 1. The Labute approximate surface area is 186 Å². The van der Waals surface area contributed by atoms with Crippen LogP contribution < -0.4 is 0 Å². The molecule has 6 heteroatoms. The van der Waals surface area contributed by atoms with Crippen molar-refractivity contribution in [2.75, 3.05) is 39.3 Å². The van der Waals surface area contributed by atoms with E-state index in [1.807, 2.05) is 43.0 Å². The van der Waals surface area contributed by atoms with Crippen LogP contribution in [0.1, 0.15) is 51.5 Å². The smallest absolute Gasteiger partial charge is 0.227 e. The summed E-state index contributed by atoms with van der Waals surface area (Å²) in [4.78, 5) is 32.4. The van der Waals surface area contributed by atoms with Crippen LogP contribution in [0.15, 0.2) is 24.3 Å². The Bertz CT molecular complexity index is 718. The zero-order chi connectivity index (χ0) is 21.5. The molecule has 2 heterocycles. The third-order valence-electron chi connectivity index (χ3n) is 6.34. The largest absolute Gasteiger partial charge is 0.340 e. The van der Waals surface area contributed by atoms with Gasteiger partial charge in [0.1, 0.15) is 0 Å². The van der Waals surface area contributed by atoms with Gasteiger partial charge in [-0.3, -0.25) is 9.59 Å². The minimum absolute atomic E-state index is 0.0222. The van der Waals surface area contributed by atoms with Gasteiger partial charge in [0.2, 0.25) is 11.8 Å². The lowest BCUT2D eigenvalue weighted by Gasteiger charge is -2.40. The summed E-state index contributed by atoms with van der Waals surface area (Å²) < 4.78 is 0. The van der Waals surface area contributed by atoms with Crippen LogP contribution in [0, 0.1) is 5.92 Å². The van der Waals surface area contributed by atoms with Crippen molar-refractivity contribution < 1.29 is 9.59 Å². The maximum Gasteiger partial charge on any atom is 0.227 e. The van der Waals surface area contributed by atoms with Crippen molar-refractivity contribution in [2.24, 2.45) is 5.92 Å². The van der Waals surface area contributed by atoms with Crippen LogP contribution in [0.4, 0.5) is 0 Å². The van der Waals surface area contributed by atoms with Crippen LogP contribution in [-0.2, 0) is 16.0 Å². The molecular weight excluding hydrogens is 398 g/mol. The number of benzene rings is 1. The van der Waals surface area contributed by atoms with Crippen molar-refractivity contribution in [3.8, 4) is 0 Å². The van der Waals surface area contributed by atoms with Crippen LogP contribution >= 0.6 is 11.6 Å². The van der Waals surface area contributed by atoms with E-state index in [-0.39, 0.29) is 23.8 Å². The summed E-state index contributed by atoms with van der Waals surface area (Å²) >= 11 is 6.25. The van der Waals surface area contributed by atoms with Gasteiger partial charge in [-0.25, -0.2) is 0 Å². The molecule has 2 aliphatic rings. The van der Waals surface area contributed by atoms with Gasteiger partial charge in [0.15, 0.2) is 0 Å². The first-order valence-corrected chi connectivity index (χ1v) is 11.9. The van der Waals surface area contributed by atoms with Gasteiger partial charge in [0.25, 0.3) is 0 Å². The lowest BCUT2D eigenvalue weighted by atomic mass is 10.0. The summed E-state index contributed by atoms with van der Waals surface area (Å²) in [5.74, 6) is 0.287. The zero-order valence-electron chi connectivity index (χ0n) is 18.5. The van der Waals surface area contributed by atoms with E-state index >= 15 is 0 Å². The first kappa shape index (κ1) is 23.1. The standard InChI is InChI=1S/C24H36ClN3O2/c1-19(2)24(30)28(16-8-14-26-12-5-6-13-26)21-10-7-15-27(18-21)23(29)17-20-9-3-4-11-22(20)25/h3-4,9,11,19,21H,5-8,10,12-18H2,1-2H3. The molecule has 30 heavy (non-hydrogen) atoms. The van der Waals surface area contributed by atoms with Crippen molar-refractivity contribution >= 4 is 23.4 Å². The summed E-state index contributed by atoms with van der Waals surface area (Å²) in [5.41, 5.74) is 0.868. The molecule has 3 rings (SSSR count). The fourth-order valence-electron chi connectivity index (χ4n) is 4.63. The van der Waals surface area contributed by atoms with E-state index < -0.39 is 0 Å². The highest BCUT2D eigenvalue weighted by atomic mass is 35.5. The molecule has 1 aromatic rings. The van der Waals surface area contributed by atoms with Gasteiger partial charge in [-0.2, -0.15) is 0 Å². The Hall–Kier alpha value is -1.59. The number of hydrogen-bond donors (Lipinski definition) is 0. The van der Waals surface area contributed by atoms with E-state index in [9.17, 15) is 9.59 Å². The second-order valence-corrected chi connectivity index (χ2v) is 9.40. The van der Waals surface area contributed by atoms with Gasteiger partial charge in [-0.05, 0) is 63.4 Å². The van der Waals surface area contributed by atoms with Crippen molar-refractivity contribution in [1.82, 2.24) is 14.7 Å². The van der Waals surface area contributed by atoms with Crippen LogP contribution in [0.25, 0.3) is 0 Å². The molecule has 2 saturated heterocycles. The number of amides is 2. The molecule has 1 atom stereocenters. The number of carbonyl (C=O) groups is 2. The molecule has 5 nitrogen and oxygen atoms in total. The molecule has 1 aromatic carbocycles. The van der Waals surface area contributed by atoms with E-state index in [4.69, 9.17) is 11.6 Å². The molecule has 2 aliphatic heterocycles. The van der Waals surface area contributed by atoms with Crippen LogP contribution in [0.2, 0.25) is 5.02 Å². The molecule has 0 aliphatic carbocycles. The highest BCUT2D eigenvalue weighted by Gasteiger charge is 2.31. The average molecular weight is 434 g/mol. The van der Waals surface area contributed by atoms with Crippen LogP contribution in [0.3, 0.4) is 0 Å². The minimum Gasteiger partial charge on any atom is -0.340 e. The van der Waals surface area contributed by atoms with E-state index in [1.165, 1.54) is 25.9 Å². The normalized spacial score (nSPS) is 20.0. The lowest BCUT2D eigenvalue weighted by molar-refractivity contribution is -0.141. The number of likely N-dealkylation sites (tertiary alicyclic amines) is 2. The summed E-state index contributed by atoms with van der Waals surface area (Å²) in [6, 6.07) is 7.64. The third kappa shape index (κ3) is 6.21. The van der Waals surface area contributed by atoms with E-state index in [1.54, 1.807) is 0 Å². The van der Waals surface area contributed by atoms with Gasteiger partial charge in [0.05, 0.1) is 6.42 Å². The molecule has 0 radical (unpaired) electrons. The fraction of sp³-hybridized carbons (Fsp3) is 0.667. The molecule has 2 fully saturated rings. The van der Waals surface area contributed by atoms with Gasteiger partial charge in [0, 0.05) is 36.6 Å². The average Bonchev–Trinajstić information content (AvgIpc) is 3.26. The summed E-state index contributed by atoms with van der Waals surface area (Å²) in [5, 5.41) is 0.637. The molecule has 0 saturated carbocycles. The maximum absolute atomic E-state index is 13.0. The van der Waals surface area contributed by atoms with E-state index in [2.05, 4.69) is 9.80 Å². The second kappa shape index (κ2) is 11.1. The molecule has 166 valence electrons. The number of carbonyl (C=O) groups excluding carboxylic acids is 2. The third-order valence-corrected chi connectivity index (χ3v) is 6.71. The van der Waals surface area contributed by atoms with Crippen molar-refractivity contribution in [3.05, 3.63) is 34.9 Å². The molecule has 0 aromatic heterocycles. The Balaban J connectivity index is 1.60. The molecule has 2 amide bonds. The molecule has 1 unspecified atom stereocenters. The zero-order valence-corrected chi connectivity index (χ0v) is 19.2. The maximum atomic E-state index is 13.0. The minimum atomic E-state index is -0.0222. The lowest BCUT2D eigenvalue weighted by Crippen LogP contribution is -2.53. The highest BCUT2D eigenvalue weighted by Crippen LogP contribution is 2.22. The van der Waals surface area contributed by atoms with Crippen molar-refractivity contribution in [1.29, 1.82) is 0 Å². The van der Waals surface area contributed by atoms with Crippen LogP contribution in [0.5, 0.6) is 0 Å². The van der Waals surface area contributed by atoms with E-state index in [0.717, 1.165) is 44.5 Å². The summed E-state index contributed by atoms with van der Waals surface area (Å²) in [6.07, 6.45) is 5.81. The number of nitrogens with zero attached hydrogens (tertiary/aromatic N) is 3. The number of rotatable bonds is 8. The first-order valence-electron chi connectivity index (χ1n) is 11.5. The SMILES string of the molecule is CC(C)C(=O)N(CCCN1CCCC1)C1CCCN(C(=O)Cc2ccccc2Cl)C1. The molecule has 0 N–H and O–H groups in total. The molecule has 0 bridgehead atoms. The Kier molecular flexibility index (Phi) is 8.58. The summed E-state index contributed by atoms with van der Waals surface area (Å²) in [6.45, 7) is 9.55. The van der Waals surface area contributed by atoms with Gasteiger partial charge in [-0.1, -0.05) is 43.6 Å². The van der Waals surface area contributed by atoms with Crippen LogP contribution in [-0.4, -0.2) is 71.8 Å². The quantitative estimate of drug-likeness (QED) is 0.625. The summed E-state index contributed by atoms with van der Waals surface area (Å²) in [7, 11) is 0. The van der Waals surface area contributed by atoms with Gasteiger partial charge < -0.3 is 14.7 Å². The van der Waals surface area contributed by atoms with Gasteiger partial charge in [-0.15, -0.1) is 0 Å². The monoisotopic (exact) mass is 433 g/mol. The highest BCUT2D eigenvalue weighted by molar-refractivity contribution is 6.31. The number of hydrogen-bond acceptors (Lipinski definition) is 3. The Morgan fingerprint density at radius 3 is 2.57 bits per heavy atom. The Morgan fingerprint density at radius 1 is 1.13 bits per heavy atom. The Morgan fingerprint density at radius 2 is 1.87 bits per heavy atom. The first-order chi connectivity index (χ1) is 14.5. The van der Waals surface area contributed by atoms with Gasteiger partial charge >= 0.3 is 0 Å². The van der Waals surface area contributed by atoms with Crippen molar-refractivity contribution in [2.45, 2.75) is 58.4 Å².